The van der Waals surface area contributed by atoms with E-state index in [9.17, 15) is 0 Å². The molecule has 46 heavy (non-hydrogen) atoms. The lowest BCUT2D eigenvalue weighted by Gasteiger charge is -2.28. The molecule has 216 valence electrons. The zero-order chi connectivity index (χ0) is 30.5. The molecule has 0 aliphatic carbocycles. The van der Waals surface area contributed by atoms with Crippen LogP contribution in [-0.2, 0) is 0 Å². The van der Waals surface area contributed by atoms with Crippen molar-refractivity contribution in [2.45, 2.75) is 0 Å². The highest BCUT2D eigenvalue weighted by molar-refractivity contribution is 6.14. The van der Waals surface area contributed by atoms with Gasteiger partial charge in [0.05, 0.1) is 5.69 Å². The molecule has 3 heteroatoms. The SMILES string of the molecule is c1ccc(-c2ccccc2N(c2ccc(-c3cccc4ccccc34)cc2)c2ccc3oc4c(ccc5cccnc54)c3c2)cc1. The number of aromatic nitrogens is 1. The van der Waals surface area contributed by atoms with Crippen molar-refractivity contribution in [2.24, 2.45) is 0 Å². The summed E-state index contributed by atoms with van der Waals surface area (Å²) in [5, 5.41) is 5.69. The molecule has 9 rings (SSSR count). The topological polar surface area (TPSA) is 29.3 Å². The quantitative estimate of drug-likeness (QED) is 0.200. The molecule has 0 aliphatic rings. The van der Waals surface area contributed by atoms with Crippen LogP contribution in [0.1, 0.15) is 0 Å². The van der Waals surface area contributed by atoms with E-state index in [4.69, 9.17) is 4.42 Å². The molecule has 0 spiro atoms. The summed E-state index contributed by atoms with van der Waals surface area (Å²) in [6, 6.07) is 58.0. The number of para-hydroxylation sites is 1. The van der Waals surface area contributed by atoms with Crippen molar-refractivity contribution in [3.05, 3.63) is 170 Å². The maximum Gasteiger partial charge on any atom is 0.161 e. The largest absolute Gasteiger partial charge is 0.454 e. The van der Waals surface area contributed by atoms with Gasteiger partial charge in [0.25, 0.3) is 0 Å². The molecule has 0 saturated carbocycles. The van der Waals surface area contributed by atoms with Crippen molar-refractivity contribution in [1.82, 2.24) is 4.98 Å². The molecule has 9 aromatic rings. The number of benzene rings is 7. The van der Waals surface area contributed by atoms with E-state index >= 15 is 0 Å². The number of furan rings is 1. The third-order valence-corrected chi connectivity index (χ3v) is 8.91. The molecule has 3 nitrogen and oxygen atoms in total. The van der Waals surface area contributed by atoms with Crippen LogP contribution in [0.5, 0.6) is 0 Å². The molecule has 2 aromatic heterocycles. The number of rotatable bonds is 5. The van der Waals surface area contributed by atoms with Gasteiger partial charge in [-0.3, -0.25) is 4.98 Å². The summed E-state index contributed by atoms with van der Waals surface area (Å²) >= 11 is 0. The van der Waals surface area contributed by atoms with E-state index in [1.165, 1.54) is 27.5 Å². The molecule has 0 aliphatic heterocycles. The number of nitrogens with zero attached hydrogens (tertiary/aromatic N) is 2. The first-order chi connectivity index (χ1) is 22.8. The van der Waals surface area contributed by atoms with Crippen molar-refractivity contribution in [3.63, 3.8) is 0 Å². The fraction of sp³-hybridized carbons (Fsp3) is 0. The standard InChI is InChI=1S/C43H28N2O/c1-2-10-30(11-3-1)37-16-6-7-18-40(37)45(33-22-19-31(20-23-33)36-17-8-13-29-12-4-5-15-35(29)36)34-24-26-41-39(28-34)38-25-21-32-14-9-27-44-42(32)43(38)46-41/h1-28H. The van der Waals surface area contributed by atoms with Crippen LogP contribution in [0.25, 0.3) is 65.9 Å². The first-order valence-corrected chi connectivity index (χ1v) is 15.5. The highest BCUT2D eigenvalue weighted by Crippen LogP contribution is 2.44. The minimum atomic E-state index is 0.820. The molecular formula is C43H28N2O. The summed E-state index contributed by atoms with van der Waals surface area (Å²) in [5.41, 5.74) is 10.5. The van der Waals surface area contributed by atoms with E-state index < -0.39 is 0 Å². The molecule has 2 heterocycles. The lowest BCUT2D eigenvalue weighted by Crippen LogP contribution is -2.11. The molecule has 0 fully saturated rings. The van der Waals surface area contributed by atoms with E-state index in [0.29, 0.717) is 0 Å². The van der Waals surface area contributed by atoms with Crippen LogP contribution >= 0.6 is 0 Å². The molecule has 0 unspecified atom stereocenters. The third-order valence-electron chi connectivity index (χ3n) is 8.91. The van der Waals surface area contributed by atoms with E-state index in [1.54, 1.807) is 0 Å². The third kappa shape index (κ3) is 4.33. The Bertz CT molecular complexity index is 2530. The maximum absolute atomic E-state index is 6.42. The molecule has 7 aromatic carbocycles. The average molecular weight is 589 g/mol. The first-order valence-electron chi connectivity index (χ1n) is 15.5. The van der Waals surface area contributed by atoms with Crippen molar-refractivity contribution < 1.29 is 4.42 Å². The molecule has 0 atom stereocenters. The minimum absolute atomic E-state index is 0.820. The zero-order valence-corrected chi connectivity index (χ0v) is 25.0. The van der Waals surface area contributed by atoms with Gasteiger partial charge in [-0.2, -0.15) is 0 Å². The fourth-order valence-corrected chi connectivity index (χ4v) is 6.73. The smallest absolute Gasteiger partial charge is 0.161 e. The predicted octanol–water partition coefficient (Wildman–Crippen LogP) is 12.1. The van der Waals surface area contributed by atoms with Crippen LogP contribution in [0.3, 0.4) is 0 Å². The molecular weight excluding hydrogens is 560 g/mol. The van der Waals surface area contributed by atoms with Gasteiger partial charge in [0.2, 0.25) is 0 Å². The van der Waals surface area contributed by atoms with Gasteiger partial charge in [-0.05, 0) is 76.0 Å². The number of fused-ring (bicyclic) bond motifs is 6. The fourth-order valence-electron chi connectivity index (χ4n) is 6.73. The Morgan fingerprint density at radius 2 is 1.17 bits per heavy atom. The number of hydrogen-bond acceptors (Lipinski definition) is 3. The lowest BCUT2D eigenvalue weighted by molar-refractivity contribution is 0.671. The zero-order valence-electron chi connectivity index (χ0n) is 25.0. The summed E-state index contributed by atoms with van der Waals surface area (Å²) in [4.78, 5) is 7.00. The van der Waals surface area contributed by atoms with Crippen molar-refractivity contribution in [3.8, 4) is 22.3 Å². The van der Waals surface area contributed by atoms with E-state index in [1.807, 2.05) is 12.3 Å². The van der Waals surface area contributed by atoms with Crippen LogP contribution in [0.15, 0.2) is 174 Å². The van der Waals surface area contributed by atoms with Crippen molar-refractivity contribution >= 4 is 60.7 Å². The lowest BCUT2D eigenvalue weighted by atomic mass is 9.97. The van der Waals surface area contributed by atoms with Gasteiger partial charge in [0, 0.05) is 39.3 Å². The predicted molar refractivity (Wildman–Crippen MR) is 192 cm³/mol. The normalized spacial score (nSPS) is 11.5. The average Bonchev–Trinajstić information content (AvgIpc) is 3.51. The van der Waals surface area contributed by atoms with Crippen LogP contribution < -0.4 is 4.90 Å². The van der Waals surface area contributed by atoms with Gasteiger partial charge in [-0.15, -0.1) is 0 Å². The van der Waals surface area contributed by atoms with Crippen molar-refractivity contribution in [2.75, 3.05) is 4.90 Å². The van der Waals surface area contributed by atoms with Gasteiger partial charge < -0.3 is 9.32 Å². The number of anilines is 3. The Balaban J connectivity index is 1.24. The summed E-state index contributed by atoms with van der Waals surface area (Å²) in [5.74, 6) is 0. The Labute approximate surface area is 266 Å². The Hall–Kier alpha value is -6.19. The van der Waals surface area contributed by atoms with Crippen LogP contribution in [-0.4, -0.2) is 4.98 Å². The number of hydrogen-bond donors (Lipinski definition) is 0. The second-order valence-electron chi connectivity index (χ2n) is 11.6. The summed E-state index contributed by atoms with van der Waals surface area (Å²) < 4.78 is 6.42. The van der Waals surface area contributed by atoms with Gasteiger partial charge in [0.15, 0.2) is 5.58 Å². The van der Waals surface area contributed by atoms with Gasteiger partial charge in [-0.25, -0.2) is 0 Å². The van der Waals surface area contributed by atoms with Crippen molar-refractivity contribution in [1.29, 1.82) is 0 Å². The monoisotopic (exact) mass is 588 g/mol. The second kappa shape index (κ2) is 10.8. The molecule has 0 N–H and O–H groups in total. The van der Waals surface area contributed by atoms with E-state index in [-0.39, 0.29) is 0 Å². The summed E-state index contributed by atoms with van der Waals surface area (Å²) in [6.45, 7) is 0. The number of pyridine rings is 1. The van der Waals surface area contributed by atoms with Gasteiger partial charge in [-0.1, -0.05) is 115 Å². The molecule has 0 amide bonds. The Morgan fingerprint density at radius 1 is 0.457 bits per heavy atom. The molecule has 0 saturated heterocycles. The maximum atomic E-state index is 6.42. The van der Waals surface area contributed by atoms with Crippen LogP contribution in [0, 0.1) is 0 Å². The first kappa shape index (κ1) is 26.2. The summed E-state index contributed by atoms with van der Waals surface area (Å²) in [6.07, 6.45) is 1.82. The Morgan fingerprint density at radius 3 is 2.09 bits per heavy atom. The van der Waals surface area contributed by atoms with Crippen LogP contribution in [0.2, 0.25) is 0 Å². The highest BCUT2D eigenvalue weighted by atomic mass is 16.3. The van der Waals surface area contributed by atoms with Gasteiger partial charge >= 0.3 is 0 Å². The highest BCUT2D eigenvalue weighted by Gasteiger charge is 2.19. The summed E-state index contributed by atoms with van der Waals surface area (Å²) in [7, 11) is 0. The second-order valence-corrected chi connectivity index (χ2v) is 11.6. The van der Waals surface area contributed by atoms with E-state index in [2.05, 4.69) is 168 Å². The molecule has 0 bridgehead atoms. The minimum Gasteiger partial charge on any atom is -0.454 e. The Kier molecular flexibility index (Phi) is 6.14. The van der Waals surface area contributed by atoms with E-state index in [0.717, 1.165) is 55.5 Å². The van der Waals surface area contributed by atoms with Gasteiger partial charge in [0.1, 0.15) is 11.1 Å². The van der Waals surface area contributed by atoms with Crippen LogP contribution in [0.4, 0.5) is 17.1 Å². The molecule has 0 radical (unpaired) electrons.